The van der Waals surface area contributed by atoms with Crippen LogP contribution in [0, 0.1) is 5.92 Å². The zero-order valence-electron chi connectivity index (χ0n) is 27.4. The Morgan fingerprint density at radius 3 is 2.20 bits per heavy atom. The summed E-state index contributed by atoms with van der Waals surface area (Å²) in [5, 5.41) is 1.97. The van der Waals surface area contributed by atoms with E-state index < -0.39 is 63.9 Å². The number of esters is 1. The predicted molar refractivity (Wildman–Crippen MR) is 184 cm³/mol. The van der Waals surface area contributed by atoms with Crippen molar-refractivity contribution in [2.24, 2.45) is 5.92 Å². The molecule has 0 saturated carbocycles. The molecule has 3 heterocycles. The summed E-state index contributed by atoms with van der Waals surface area (Å²) in [7, 11) is 0. The Labute approximate surface area is 293 Å². The van der Waals surface area contributed by atoms with Crippen molar-refractivity contribution < 1.29 is 37.1 Å². The molecule has 1 N–H and O–H groups in total. The molecule has 0 aliphatic carbocycles. The second-order valence-electron chi connectivity index (χ2n) is 12.9. The van der Waals surface area contributed by atoms with Gasteiger partial charge in [-0.25, -0.2) is 9.69 Å². The quantitative estimate of drug-likeness (QED) is 0.164. The summed E-state index contributed by atoms with van der Waals surface area (Å²) >= 11 is 1.83. The van der Waals surface area contributed by atoms with Crippen LogP contribution in [0.4, 0.5) is 24.5 Å². The largest absolute Gasteiger partial charge is 0.462 e. The summed E-state index contributed by atoms with van der Waals surface area (Å²) in [4.78, 5) is 67.7. The maximum absolute atomic E-state index is 14.1. The molecule has 1 aromatic heterocycles. The van der Waals surface area contributed by atoms with E-state index in [0.717, 1.165) is 51.8 Å². The van der Waals surface area contributed by atoms with Crippen molar-refractivity contribution in [2.45, 2.75) is 62.0 Å². The average molecular weight is 724 g/mol. The highest BCUT2D eigenvalue weighted by molar-refractivity contribution is 8.00. The number of hydrogen-bond acceptors (Lipinski definition) is 8. The van der Waals surface area contributed by atoms with E-state index in [4.69, 9.17) is 4.74 Å². The molecule has 14 heteroatoms. The number of fused-ring (bicyclic) bond motifs is 2. The molecule has 260 valence electrons. The summed E-state index contributed by atoms with van der Waals surface area (Å²) in [5.74, 6) is -4.24. The van der Waals surface area contributed by atoms with E-state index in [1.807, 2.05) is 45.0 Å². The maximum atomic E-state index is 14.1. The van der Waals surface area contributed by atoms with Gasteiger partial charge in [-0.3, -0.25) is 23.7 Å². The van der Waals surface area contributed by atoms with E-state index in [1.165, 1.54) is 34.9 Å². The van der Waals surface area contributed by atoms with Gasteiger partial charge in [-0.1, -0.05) is 74.2 Å². The highest BCUT2D eigenvalue weighted by atomic mass is 32.2. The molecule has 3 aromatic carbocycles. The normalized spacial score (nSPS) is 18.9. The average Bonchev–Trinajstić information content (AvgIpc) is 3.50. The van der Waals surface area contributed by atoms with Gasteiger partial charge in [0.15, 0.2) is 0 Å². The van der Waals surface area contributed by atoms with Gasteiger partial charge in [-0.05, 0) is 65.9 Å². The first-order valence-corrected chi connectivity index (χ1v) is 17.4. The van der Waals surface area contributed by atoms with Crippen LogP contribution in [0.3, 0.4) is 0 Å². The van der Waals surface area contributed by atoms with E-state index in [-0.39, 0.29) is 17.7 Å². The first-order valence-electron chi connectivity index (χ1n) is 15.7. The number of rotatable bonds is 7. The number of carbonyl (C=O) groups is 4. The summed E-state index contributed by atoms with van der Waals surface area (Å²) in [6, 6.07) is 17.6. The van der Waals surface area contributed by atoms with E-state index in [2.05, 4.69) is 5.32 Å². The second-order valence-corrected chi connectivity index (χ2v) is 15.1. The van der Waals surface area contributed by atoms with Crippen LogP contribution in [0.15, 0.2) is 82.6 Å². The number of thioether (sulfide) groups is 1. The lowest BCUT2D eigenvalue weighted by Crippen LogP contribution is -2.33. The first-order chi connectivity index (χ1) is 23.6. The van der Waals surface area contributed by atoms with Crippen LogP contribution in [0.25, 0.3) is 0 Å². The maximum Gasteiger partial charge on any atom is 0.416 e. The molecule has 1 fully saturated rings. The third kappa shape index (κ3) is 6.61. The van der Waals surface area contributed by atoms with E-state index in [9.17, 15) is 37.1 Å². The minimum atomic E-state index is -4.69. The molecule has 50 heavy (non-hydrogen) atoms. The number of imide groups is 1. The first kappa shape index (κ1) is 35.1. The molecule has 6 rings (SSSR count). The highest BCUT2D eigenvalue weighted by Gasteiger charge is 2.57. The topological polar surface area (TPSA) is 115 Å². The standard InChI is InChI=1S/C36H32F3N3O6S2/c1-5-48-33(46)20-11-15-23(16-12-20)40-25(43)18-41-32-29(50-34(41)47)26(19-9-13-21(14-10-19)35(2,3)4)27-28(49-32)31(45)42(30(27)44)24-8-6-7-22(17-24)36(37,38)39/h6-17,26-28H,5,18H2,1-4H3,(H,40,43)/t26-,27-,28+/m0/s1. The fraction of sp³-hybridized carbons (Fsp3) is 0.306. The van der Waals surface area contributed by atoms with Crippen molar-refractivity contribution in [2.75, 3.05) is 16.8 Å². The van der Waals surface area contributed by atoms with Gasteiger partial charge >= 0.3 is 17.0 Å². The second kappa shape index (κ2) is 13.2. The molecular formula is C36H32F3N3O6S2. The summed E-state index contributed by atoms with van der Waals surface area (Å²) < 4.78 is 47.1. The monoisotopic (exact) mass is 723 g/mol. The molecule has 1 saturated heterocycles. The number of hydrogen-bond donors (Lipinski definition) is 1. The van der Waals surface area contributed by atoms with Gasteiger partial charge in [0, 0.05) is 16.5 Å². The third-order valence-corrected chi connectivity index (χ3v) is 11.2. The lowest BCUT2D eigenvalue weighted by atomic mass is 9.81. The van der Waals surface area contributed by atoms with E-state index in [0.29, 0.717) is 26.7 Å². The van der Waals surface area contributed by atoms with Gasteiger partial charge in [0.1, 0.15) is 11.8 Å². The number of alkyl halides is 3. The van der Waals surface area contributed by atoms with Gasteiger partial charge in [0.2, 0.25) is 17.7 Å². The molecular weight excluding hydrogens is 692 g/mol. The minimum Gasteiger partial charge on any atom is -0.462 e. The number of benzene rings is 3. The van der Waals surface area contributed by atoms with Crippen LogP contribution in [0.1, 0.15) is 65.5 Å². The molecule has 3 atom stereocenters. The van der Waals surface area contributed by atoms with Crippen LogP contribution in [0.5, 0.6) is 0 Å². The molecule has 0 unspecified atom stereocenters. The van der Waals surface area contributed by atoms with Gasteiger partial charge < -0.3 is 10.1 Å². The summed E-state index contributed by atoms with van der Waals surface area (Å²) in [6.45, 7) is 7.63. The number of aromatic nitrogens is 1. The fourth-order valence-electron chi connectivity index (χ4n) is 6.13. The molecule has 2 aliphatic heterocycles. The number of nitrogens with zero attached hydrogens (tertiary/aromatic N) is 2. The van der Waals surface area contributed by atoms with Crippen molar-refractivity contribution in [1.82, 2.24) is 4.57 Å². The number of thiazole rings is 1. The summed E-state index contributed by atoms with van der Waals surface area (Å²) in [6.07, 6.45) is -4.69. The third-order valence-electron chi connectivity index (χ3n) is 8.60. The van der Waals surface area contributed by atoms with Gasteiger partial charge in [-0.15, -0.1) is 0 Å². The Morgan fingerprint density at radius 2 is 1.58 bits per heavy atom. The van der Waals surface area contributed by atoms with E-state index in [1.54, 1.807) is 6.92 Å². The predicted octanol–water partition coefficient (Wildman–Crippen LogP) is 6.84. The molecule has 0 radical (unpaired) electrons. The lowest BCUT2D eigenvalue weighted by molar-refractivity contribution is -0.137. The highest BCUT2D eigenvalue weighted by Crippen LogP contribution is 2.54. The number of nitrogens with one attached hydrogen (secondary N) is 1. The molecule has 0 bridgehead atoms. The van der Waals surface area contributed by atoms with Crippen molar-refractivity contribution in [3.8, 4) is 0 Å². The molecule has 3 amide bonds. The minimum absolute atomic E-state index is 0.186. The van der Waals surface area contributed by atoms with Crippen molar-refractivity contribution in [1.29, 1.82) is 0 Å². The number of anilines is 2. The van der Waals surface area contributed by atoms with Gasteiger partial charge in [-0.2, -0.15) is 13.2 Å². The van der Waals surface area contributed by atoms with Crippen LogP contribution < -0.4 is 15.1 Å². The van der Waals surface area contributed by atoms with Crippen LogP contribution in [0.2, 0.25) is 0 Å². The van der Waals surface area contributed by atoms with Crippen LogP contribution in [-0.2, 0) is 37.3 Å². The Kier molecular flexibility index (Phi) is 9.29. The SMILES string of the molecule is CCOC(=O)c1ccc(NC(=O)Cn2c3c(sc2=O)[C@@H](c2ccc(C(C)(C)C)cc2)[C@@H]2C(=O)N(c4cccc(C(F)(F)F)c4)C(=O)[C@@H]2S3)cc1. The van der Waals surface area contributed by atoms with Crippen molar-refractivity contribution >= 4 is 58.2 Å². The van der Waals surface area contributed by atoms with Gasteiger partial charge in [0.25, 0.3) is 0 Å². The van der Waals surface area contributed by atoms with E-state index >= 15 is 0 Å². The zero-order valence-corrected chi connectivity index (χ0v) is 29.0. The molecule has 9 nitrogen and oxygen atoms in total. The number of ether oxygens (including phenoxy) is 1. The fourth-order valence-corrected chi connectivity index (χ4v) is 8.90. The van der Waals surface area contributed by atoms with Crippen molar-refractivity contribution in [3.63, 3.8) is 0 Å². The summed E-state index contributed by atoms with van der Waals surface area (Å²) in [5.41, 5.74) is 0.965. The Balaban J connectivity index is 1.37. The van der Waals surface area contributed by atoms with Gasteiger partial charge in [0.05, 0.1) is 34.4 Å². The molecule has 2 aliphatic rings. The molecule has 4 aromatic rings. The van der Waals surface area contributed by atoms with Crippen LogP contribution >= 0.6 is 23.1 Å². The number of carbonyl (C=O) groups excluding carboxylic acids is 4. The lowest BCUT2D eigenvalue weighted by Gasteiger charge is -2.31. The van der Waals surface area contributed by atoms with Crippen LogP contribution in [-0.4, -0.2) is 40.1 Å². The number of halogens is 3. The Morgan fingerprint density at radius 1 is 0.900 bits per heavy atom. The smallest absolute Gasteiger partial charge is 0.416 e. The zero-order chi connectivity index (χ0) is 36.1. The Bertz CT molecular complexity index is 2050. The van der Waals surface area contributed by atoms with Crippen molar-refractivity contribution in [3.05, 3.63) is 110 Å². The molecule has 0 spiro atoms. The Hall–Kier alpha value is -4.69. The number of amides is 3.